The Morgan fingerprint density at radius 3 is 3.28 bits per heavy atom. The minimum atomic E-state index is -1.28. The molecule has 0 unspecified atom stereocenters. The van der Waals surface area contributed by atoms with Crippen LogP contribution in [0, 0.1) is 6.92 Å². The molecule has 0 radical (unpaired) electrons. The lowest BCUT2D eigenvalue weighted by Gasteiger charge is -2.21. The van der Waals surface area contributed by atoms with Crippen LogP contribution in [0.4, 0.5) is 0 Å². The van der Waals surface area contributed by atoms with Crippen molar-refractivity contribution in [2.45, 2.75) is 31.7 Å². The molecule has 96 valence electrons. The maximum atomic E-state index is 11.6. The van der Waals surface area contributed by atoms with Gasteiger partial charge in [0.05, 0.1) is 6.61 Å². The summed E-state index contributed by atoms with van der Waals surface area (Å²) in [5, 5.41) is 12.7. The van der Waals surface area contributed by atoms with E-state index in [0.29, 0.717) is 12.8 Å². The molecule has 0 aliphatic carbocycles. The zero-order valence-corrected chi connectivity index (χ0v) is 9.85. The van der Waals surface area contributed by atoms with Crippen LogP contribution in [0.3, 0.4) is 0 Å². The highest BCUT2D eigenvalue weighted by molar-refractivity contribution is 5.01. The summed E-state index contributed by atoms with van der Waals surface area (Å²) in [6, 6.07) is 0. The Morgan fingerprint density at radius 1 is 1.83 bits per heavy atom. The second kappa shape index (κ2) is 4.77. The number of hydrogen-bond donors (Lipinski definition) is 1. The third-order valence-electron chi connectivity index (χ3n) is 2.86. The fraction of sp³-hybridized carbons (Fsp3) is 0.600. The molecule has 2 heterocycles. The highest BCUT2D eigenvalue weighted by Gasteiger charge is 2.40. The molecular weight excluding hydrogens is 238 g/mol. The Bertz CT molecular complexity index is 551. The van der Waals surface area contributed by atoms with E-state index in [9.17, 15) is 9.90 Å². The van der Waals surface area contributed by atoms with Gasteiger partial charge in [-0.15, -0.1) is 0 Å². The molecule has 1 saturated heterocycles. The molecule has 2 rings (SSSR count). The van der Waals surface area contributed by atoms with Gasteiger partial charge in [0.15, 0.2) is 5.72 Å². The van der Waals surface area contributed by atoms with E-state index >= 15 is 0 Å². The zero-order chi connectivity index (χ0) is 13.2. The largest absolute Gasteiger partial charge is 0.393 e. The van der Waals surface area contributed by atoms with Crippen LogP contribution in [0.2, 0.25) is 0 Å². The first-order valence-electron chi connectivity index (χ1n) is 5.50. The van der Waals surface area contributed by atoms with Gasteiger partial charge in [-0.25, -0.2) is 9.78 Å². The fourth-order valence-corrected chi connectivity index (χ4v) is 1.96. The molecule has 0 aromatic carbocycles. The summed E-state index contributed by atoms with van der Waals surface area (Å²) in [7, 11) is 0. The highest BCUT2D eigenvalue weighted by Crippen LogP contribution is 2.36. The normalized spacial score (nSPS) is 26.9. The maximum absolute atomic E-state index is 11.6. The van der Waals surface area contributed by atoms with Crippen molar-refractivity contribution in [3.05, 3.63) is 38.9 Å². The smallest absolute Gasteiger partial charge is 0.349 e. The highest BCUT2D eigenvalue weighted by atomic mass is 16.6. The first-order chi connectivity index (χ1) is 8.60. The molecule has 18 heavy (non-hydrogen) atoms. The van der Waals surface area contributed by atoms with Gasteiger partial charge in [0.2, 0.25) is 0 Å². The predicted octanol–water partition coefficient (Wildman–Crippen LogP) is 0.860. The fourth-order valence-electron chi connectivity index (χ4n) is 1.96. The average molecular weight is 251 g/mol. The third-order valence-corrected chi connectivity index (χ3v) is 2.86. The van der Waals surface area contributed by atoms with Crippen LogP contribution in [0.1, 0.15) is 24.6 Å². The van der Waals surface area contributed by atoms with Crippen LogP contribution in [-0.4, -0.2) is 27.0 Å². The second-order valence-electron chi connectivity index (χ2n) is 4.23. The van der Waals surface area contributed by atoms with E-state index in [1.807, 2.05) is 6.92 Å². The minimum absolute atomic E-state index is 0.360. The molecule has 8 nitrogen and oxygen atoms in total. The molecule has 1 fully saturated rings. The van der Waals surface area contributed by atoms with Crippen molar-refractivity contribution in [1.82, 2.24) is 9.55 Å². The quantitative estimate of drug-likeness (QED) is 0.487. The van der Waals surface area contributed by atoms with Crippen LogP contribution in [0.15, 0.2) is 22.3 Å². The number of aryl methyl sites for hydroxylation is 1. The van der Waals surface area contributed by atoms with Crippen molar-refractivity contribution < 1.29 is 9.84 Å². The molecule has 8 heteroatoms. The van der Waals surface area contributed by atoms with Crippen LogP contribution in [0.5, 0.6) is 0 Å². The van der Waals surface area contributed by atoms with Crippen molar-refractivity contribution in [3.63, 3.8) is 0 Å². The topological polar surface area (TPSA) is 113 Å². The van der Waals surface area contributed by atoms with Gasteiger partial charge < -0.3 is 9.84 Å². The maximum Gasteiger partial charge on any atom is 0.349 e. The van der Waals surface area contributed by atoms with Crippen molar-refractivity contribution in [2.24, 2.45) is 5.11 Å². The first kappa shape index (κ1) is 12.6. The molecule has 0 bridgehead atoms. The summed E-state index contributed by atoms with van der Waals surface area (Å²) in [6.07, 6.45) is 3.37. The van der Waals surface area contributed by atoms with Gasteiger partial charge >= 0.3 is 5.69 Å². The number of aliphatic hydroxyl groups is 1. The molecule has 1 aromatic rings. The molecular formula is C10H13N5O3. The number of azide groups is 1. The summed E-state index contributed by atoms with van der Waals surface area (Å²) in [6.45, 7) is 1.40. The van der Waals surface area contributed by atoms with Gasteiger partial charge in [0, 0.05) is 17.3 Å². The van der Waals surface area contributed by atoms with Crippen LogP contribution in [0.25, 0.3) is 10.4 Å². The summed E-state index contributed by atoms with van der Waals surface area (Å²) >= 11 is 0. The van der Waals surface area contributed by atoms with Crippen LogP contribution in [-0.2, 0) is 4.74 Å². The Labute approximate surface area is 102 Å². The first-order valence-corrected chi connectivity index (χ1v) is 5.50. The minimum Gasteiger partial charge on any atom is -0.393 e. The third kappa shape index (κ3) is 2.21. The number of hydrogen-bond acceptors (Lipinski definition) is 5. The molecule has 1 N–H and O–H groups in total. The lowest BCUT2D eigenvalue weighted by atomic mass is 10.1. The molecule has 0 saturated carbocycles. The number of aromatic nitrogens is 2. The van der Waals surface area contributed by atoms with E-state index in [2.05, 4.69) is 15.0 Å². The van der Waals surface area contributed by atoms with Crippen LogP contribution < -0.4 is 5.69 Å². The molecule has 0 spiro atoms. The van der Waals surface area contributed by atoms with E-state index in [-0.39, 0.29) is 0 Å². The summed E-state index contributed by atoms with van der Waals surface area (Å²) in [5.41, 5.74) is 7.58. The van der Waals surface area contributed by atoms with E-state index in [1.54, 1.807) is 6.20 Å². The van der Waals surface area contributed by atoms with E-state index in [1.165, 1.54) is 10.8 Å². The summed E-state index contributed by atoms with van der Waals surface area (Å²) in [5.74, 6) is 0. The number of ether oxygens (including phenoxy) is 1. The standard InChI is InChI=1S/C10H13N5O3/c1-7-4-12-9(17)15(5-7)8-2-3-10(6-16,18-8)13-14-11/h4-5,8,16H,2-3,6H2,1H3/t8-,10-/m0/s1. The summed E-state index contributed by atoms with van der Waals surface area (Å²) < 4.78 is 6.86. The Hall–Kier alpha value is -1.89. The van der Waals surface area contributed by atoms with Crippen LogP contribution >= 0.6 is 0 Å². The van der Waals surface area contributed by atoms with Crippen molar-refractivity contribution in [2.75, 3.05) is 6.61 Å². The average Bonchev–Trinajstić information content (AvgIpc) is 2.78. The van der Waals surface area contributed by atoms with E-state index in [0.717, 1.165) is 5.56 Å². The summed E-state index contributed by atoms with van der Waals surface area (Å²) in [4.78, 5) is 18.0. The van der Waals surface area contributed by atoms with Gasteiger partial charge in [-0.3, -0.25) is 4.57 Å². The molecule has 2 atom stereocenters. The van der Waals surface area contributed by atoms with Gasteiger partial charge in [-0.2, -0.15) is 0 Å². The van der Waals surface area contributed by atoms with Gasteiger partial charge in [-0.05, 0) is 30.9 Å². The van der Waals surface area contributed by atoms with Gasteiger partial charge in [-0.1, -0.05) is 5.11 Å². The molecule has 1 aliphatic heterocycles. The number of rotatable bonds is 3. The Balaban J connectivity index is 2.30. The lowest BCUT2D eigenvalue weighted by Crippen LogP contribution is -2.32. The van der Waals surface area contributed by atoms with Crippen molar-refractivity contribution in [3.8, 4) is 0 Å². The number of nitrogens with zero attached hydrogens (tertiary/aromatic N) is 5. The monoisotopic (exact) mass is 251 g/mol. The zero-order valence-electron chi connectivity index (χ0n) is 9.85. The molecule has 0 amide bonds. The number of aliphatic hydroxyl groups excluding tert-OH is 1. The Kier molecular flexibility index (Phi) is 3.33. The van der Waals surface area contributed by atoms with Gasteiger partial charge in [0.25, 0.3) is 0 Å². The van der Waals surface area contributed by atoms with Crippen molar-refractivity contribution >= 4 is 0 Å². The van der Waals surface area contributed by atoms with E-state index in [4.69, 9.17) is 10.3 Å². The Morgan fingerprint density at radius 2 is 2.61 bits per heavy atom. The van der Waals surface area contributed by atoms with E-state index < -0.39 is 24.2 Å². The van der Waals surface area contributed by atoms with Gasteiger partial charge in [0.1, 0.15) is 6.23 Å². The predicted molar refractivity (Wildman–Crippen MR) is 61.6 cm³/mol. The molecule has 1 aromatic heterocycles. The van der Waals surface area contributed by atoms with Crippen molar-refractivity contribution in [1.29, 1.82) is 0 Å². The SMILES string of the molecule is Cc1cnc(=O)n([C@@H]2CC[C@](CO)(N=[N+]=[N-])O2)c1. The lowest BCUT2D eigenvalue weighted by molar-refractivity contribution is -0.0951. The second-order valence-corrected chi connectivity index (χ2v) is 4.23. The molecule has 1 aliphatic rings.